The predicted molar refractivity (Wildman–Crippen MR) is 98.8 cm³/mol. The smallest absolute Gasteiger partial charge is 0.255 e. The molecule has 0 aromatic heterocycles. The van der Waals surface area contributed by atoms with Crippen LogP contribution in [0.1, 0.15) is 16.8 Å². The molecule has 1 aliphatic rings. The number of nitrogens with one attached hydrogen (secondary N) is 1. The Morgan fingerprint density at radius 1 is 1.12 bits per heavy atom. The minimum atomic E-state index is -0.196. The highest BCUT2D eigenvalue weighted by Crippen LogP contribution is 2.26. The average molecular weight is 354 g/mol. The van der Waals surface area contributed by atoms with Crippen molar-refractivity contribution in [3.63, 3.8) is 0 Å². The van der Waals surface area contributed by atoms with Crippen LogP contribution in [-0.2, 0) is 4.79 Å². The molecule has 0 radical (unpaired) electrons. The molecule has 0 bridgehead atoms. The fourth-order valence-corrected chi connectivity index (χ4v) is 3.09. The third-order valence-corrected chi connectivity index (χ3v) is 4.49. The first-order chi connectivity index (χ1) is 12.6. The van der Waals surface area contributed by atoms with Crippen LogP contribution >= 0.6 is 0 Å². The molecule has 0 aliphatic carbocycles. The van der Waals surface area contributed by atoms with E-state index in [-0.39, 0.29) is 17.7 Å². The highest BCUT2D eigenvalue weighted by atomic mass is 16.5. The van der Waals surface area contributed by atoms with Gasteiger partial charge in [0.2, 0.25) is 5.91 Å². The van der Waals surface area contributed by atoms with Crippen molar-refractivity contribution in [3.8, 4) is 11.5 Å². The SMILES string of the molecule is COc1ccc(N2C[C@H](CNC(=O)c3ccccc3OC)CC2=O)cc1. The Morgan fingerprint density at radius 3 is 2.54 bits per heavy atom. The van der Waals surface area contributed by atoms with E-state index in [1.165, 1.54) is 7.11 Å². The molecule has 1 fully saturated rings. The Balaban J connectivity index is 1.59. The van der Waals surface area contributed by atoms with Crippen LogP contribution in [0.2, 0.25) is 0 Å². The minimum Gasteiger partial charge on any atom is -0.497 e. The second kappa shape index (κ2) is 7.91. The van der Waals surface area contributed by atoms with Crippen molar-refractivity contribution in [1.29, 1.82) is 0 Å². The fraction of sp³-hybridized carbons (Fsp3) is 0.300. The molecule has 1 aliphatic heterocycles. The molecule has 26 heavy (non-hydrogen) atoms. The molecular formula is C20H22N2O4. The number of carbonyl (C=O) groups excluding carboxylic acids is 2. The van der Waals surface area contributed by atoms with Gasteiger partial charge in [-0.05, 0) is 36.4 Å². The summed E-state index contributed by atoms with van der Waals surface area (Å²) in [6.45, 7) is 1.02. The van der Waals surface area contributed by atoms with Crippen LogP contribution in [0.15, 0.2) is 48.5 Å². The van der Waals surface area contributed by atoms with Gasteiger partial charge < -0.3 is 19.7 Å². The molecule has 0 unspecified atom stereocenters. The first-order valence-corrected chi connectivity index (χ1v) is 8.48. The summed E-state index contributed by atoms with van der Waals surface area (Å²) < 4.78 is 10.4. The quantitative estimate of drug-likeness (QED) is 0.865. The fourth-order valence-electron chi connectivity index (χ4n) is 3.09. The molecule has 136 valence electrons. The molecule has 2 amide bonds. The van der Waals surface area contributed by atoms with Crippen molar-refractivity contribution in [2.75, 3.05) is 32.2 Å². The number of benzene rings is 2. The van der Waals surface area contributed by atoms with E-state index >= 15 is 0 Å². The molecule has 3 rings (SSSR count). The van der Waals surface area contributed by atoms with Crippen LogP contribution in [0, 0.1) is 5.92 Å². The number of hydrogen-bond donors (Lipinski definition) is 1. The number of carbonyl (C=O) groups is 2. The molecular weight excluding hydrogens is 332 g/mol. The monoisotopic (exact) mass is 354 g/mol. The highest BCUT2D eigenvalue weighted by Gasteiger charge is 2.31. The summed E-state index contributed by atoms with van der Waals surface area (Å²) in [5, 5.41) is 2.91. The van der Waals surface area contributed by atoms with Crippen molar-refractivity contribution < 1.29 is 19.1 Å². The molecule has 1 heterocycles. The number of hydrogen-bond acceptors (Lipinski definition) is 4. The van der Waals surface area contributed by atoms with E-state index in [9.17, 15) is 9.59 Å². The van der Waals surface area contributed by atoms with E-state index in [2.05, 4.69) is 5.32 Å². The van der Waals surface area contributed by atoms with Gasteiger partial charge in [0.25, 0.3) is 5.91 Å². The lowest BCUT2D eigenvalue weighted by Crippen LogP contribution is -2.31. The van der Waals surface area contributed by atoms with E-state index < -0.39 is 0 Å². The Bertz CT molecular complexity index is 789. The topological polar surface area (TPSA) is 67.9 Å². The summed E-state index contributed by atoms with van der Waals surface area (Å²) in [6.07, 6.45) is 0.415. The number of methoxy groups -OCH3 is 2. The zero-order chi connectivity index (χ0) is 18.5. The summed E-state index contributed by atoms with van der Waals surface area (Å²) >= 11 is 0. The largest absolute Gasteiger partial charge is 0.497 e. The molecule has 1 N–H and O–H groups in total. The van der Waals surface area contributed by atoms with E-state index in [0.717, 1.165) is 11.4 Å². The van der Waals surface area contributed by atoms with Gasteiger partial charge in [0.05, 0.1) is 19.8 Å². The third-order valence-electron chi connectivity index (χ3n) is 4.49. The molecule has 0 saturated carbocycles. The van der Waals surface area contributed by atoms with Crippen LogP contribution < -0.4 is 19.7 Å². The normalized spacial score (nSPS) is 16.5. The van der Waals surface area contributed by atoms with E-state index in [1.807, 2.05) is 30.3 Å². The Labute approximate surface area is 152 Å². The summed E-state index contributed by atoms with van der Waals surface area (Å²) in [6, 6.07) is 14.5. The van der Waals surface area contributed by atoms with Crippen molar-refractivity contribution in [2.24, 2.45) is 5.92 Å². The zero-order valence-corrected chi connectivity index (χ0v) is 14.9. The third kappa shape index (κ3) is 3.79. The molecule has 6 heteroatoms. The summed E-state index contributed by atoms with van der Waals surface area (Å²) in [4.78, 5) is 26.4. The van der Waals surface area contributed by atoms with Crippen LogP contribution in [0.3, 0.4) is 0 Å². The number of nitrogens with zero attached hydrogens (tertiary/aromatic N) is 1. The maximum atomic E-state index is 12.4. The minimum absolute atomic E-state index is 0.0618. The summed E-state index contributed by atoms with van der Waals surface area (Å²) in [7, 11) is 3.14. The number of amides is 2. The van der Waals surface area contributed by atoms with Gasteiger partial charge in [0.15, 0.2) is 0 Å². The Hall–Kier alpha value is -3.02. The standard InChI is InChI=1S/C20H22N2O4/c1-25-16-9-7-15(8-10-16)22-13-14(11-19(22)23)12-21-20(24)17-5-3-4-6-18(17)26-2/h3-10,14H,11-13H2,1-2H3,(H,21,24)/t14-/m0/s1. The van der Waals surface area contributed by atoms with E-state index in [1.54, 1.807) is 30.2 Å². The number of rotatable bonds is 6. The van der Waals surface area contributed by atoms with Crippen molar-refractivity contribution >= 4 is 17.5 Å². The lowest BCUT2D eigenvalue weighted by molar-refractivity contribution is -0.117. The van der Waals surface area contributed by atoms with Crippen molar-refractivity contribution in [2.45, 2.75) is 6.42 Å². The lowest BCUT2D eigenvalue weighted by Gasteiger charge is -2.17. The Kier molecular flexibility index (Phi) is 5.41. The molecule has 1 atom stereocenters. The zero-order valence-electron chi connectivity index (χ0n) is 14.9. The van der Waals surface area contributed by atoms with Crippen LogP contribution in [0.5, 0.6) is 11.5 Å². The maximum absolute atomic E-state index is 12.4. The van der Waals surface area contributed by atoms with Crippen LogP contribution in [0.4, 0.5) is 5.69 Å². The summed E-state index contributed by atoms with van der Waals surface area (Å²) in [5.41, 5.74) is 1.33. The van der Waals surface area contributed by atoms with Crippen molar-refractivity contribution in [3.05, 3.63) is 54.1 Å². The maximum Gasteiger partial charge on any atom is 0.255 e. The number of ether oxygens (including phenoxy) is 2. The van der Waals surface area contributed by atoms with Gasteiger partial charge in [-0.3, -0.25) is 9.59 Å². The van der Waals surface area contributed by atoms with Crippen LogP contribution in [-0.4, -0.2) is 39.1 Å². The van der Waals surface area contributed by atoms with Crippen LogP contribution in [0.25, 0.3) is 0 Å². The summed E-state index contributed by atoms with van der Waals surface area (Å²) in [5.74, 6) is 1.22. The first-order valence-electron chi connectivity index (χ1n) is 8.48. The second-order valence-corrected chi connectivity index (χ2v) is 6.18. The van der Waals surface area contributed by atoms with Crippen molar-refractivity contribution in [1.82, 2.24) is 5.32 Å². The lowest BCUT2D eigenvalue weighted by atomic mass is 10.1. The van der Waals surface area contributed by atoms with Gasteiger partial charge in [0, 0.05) is 31.1 Å². The molecule has 2 aromatic rings. The molecule has 0 spiro atoms. The van der Waals surface area contributed by atoms with E-state index in [0.29, 0.717) is 30.8 Å². The molecule has 2 aromatic carbocycles. The van der Waals surface area contributed by atoms with Gasteiger partial charge in [-0.2, -0.15) is 0 Å². The van der Waals surface area contributed by atoms with Gasteiger partial charge in [-0.15, -0.1) is 0 Å². The highest BCUT2D eigenvalue weighted by molar-refractivity contribution is 5.97. The average Bonchev–Trinajstić information content (AvgIpc) is 3.06. The second-order valence-electron chi connectivity index (χ2n) is 6.18. The number of para-hydroxylation sites is 1. The Morgan fingerprint density at radius 2 is 1.85 bits per heavy atom. The van der Waals surface area contributed by atoms with Gasteiger partial charge >= 0.3 is 0 Å². The first kappa shape index (κ1) is 17.8. The van der Waals surface area contributed by atoms with Gasteiger partial charge in [-0.1, -0.05) is 12.1 Å². The molecule has 6 nitrogen and oxygen atoms in total. The van der Waals surface area contributed by atoms with E-state index in [4.69, 9.17) is 9.47 Å². The number of anilines is 1. The van der Waals surface area contributed by atoms with Gasteiger partial charge in [0.1, 0.15) is 11.5 Å². The molecule has 1 saturated heterocycles. The van der Waals surface area contributed by atoms with Gasteiger partial charge in [-0.25, -0.2) is 0 Å². The predicted octanol–water partition coefficient (Wildman–Crippen LogP) is 2.49.